The van der Waals surface area contributed by atoms with Crippen LogP contribution in [0.3, 0.4) is 0 Å². The third-order valence-electron chi connectivity index (χ3n) is 4.32. The van der Waals surface area contributed by atoms with Crippen molar-refractivity contribution in [3.8, 4) is 0 Å². The highest BCUT2D eigenvalue weighted by Crippen LogP contribution is 2.23. The second kappa shape index (κ2) is 7.51. The zero-order valence-corrected chi connectivity index (χ0v) is 15.8. The number of sulfonamides is 1. The molecule has 0 N–H and O–H groups in total. The lowest BCUT2D eigenvalue weighted by molar-refractivity contribution is 0.144. The summed E-state index contributed by atoms with van der Waals surface area (Å²) >= 11 is 5.32. The molecule has 2 heterocycles. The lowest BCUT2D eigenvalue weighted by atomic mass is 10.3. The summed E-state index contributed by atoms with van der Waals surface area (Å²) in [6.45, 7) is 4.22. The van der Waals surface area contributed by atoms with E-state index in [-0.39, 0.29) is 13.1 Å². The van der Waals surface area contributed by atoms with Gasteiger partial charge >= 0.3 is 0 Å². The van der Waals surface area contributed by atoms with Gasteiger partial charge in [-0.15, -0.1) is 0 Å². The first-order valence-corrected chi connectivity index (χ1v) is 9.98. The first kappa shape index (κ1) is 19.1. The molecule has 142 valence electrons. The fourth-order valence-corrected chi connectivity index (χ4v) is 4.66. The van der Waals surface area contributed by atoms with E-state index in [1.165, 1.54) is 0 Å². The van der Waals surface area contributed by atoms with Gasteiger partial charge in [-0.3, -0.25) is 4.90 Å². The molecule has 1 aromatic heterocycles. The average molecular weight is 403 g/mol. The van der Waals surface area contributed by atoms with Gasteiger partial charge in [-0.05, 0) is 31.3 Å². The van der Waals surface area contributed by atoms with Crippen LogP contribution in [0.4, 0.5) is 8.78 Å². The standard InChI is InChI=1S/C15H19F2N5O2S2/c1-2-20-10-18-22(15(20)25)11-19-6-8-21(9-7-19)26(23,24)14-12(16)4-3-5-13(14)17/h3-5,10H,2,6-9,11H2,1H3. The van der Waals surface area contributed by atoms with Gasteiger partial charge in [0.05, 0.1) is 6.67 Å². The van der Waals surface area contributed by atoms with Gasteiger partial charge in [0.1, 0.15) is 18.0 Å². The van der Waals surface area contributed by atoms with E-state index < -0.39 is 26.6 Å². The van der Waals surface area contributed by atoms with E-state index in [0.717, 1.165) is 29.0 Å². The maximum Gasteiger partial charge on any atom is 0.249 e. The zero-order valence-electron chi connectivity index (χ0n) is 14.2. The van der Waals surface area contributed by atoms with Gasteiger partial charge in [-0.25, -0.2) is 21.9 Å². The Morgan fingerprint density at radius 2 is 1.77 bits per heavy atom. The summed E-state index contributed by atoms with van der Waals surface area (Å²) in [6.07, 6.45) is 1.66. The maximum atomic E-state index is 13.9. The van der Waals surface area contributed by atoms with Crippen LogP contribution in [0.15, 0.2) is 29.4 Å². The van der Waals surface area contributed by atoms with Crippen LogP contribution < -0.4 is 0 Å². The zero-order chi connectivity index (χ0) is 18.9. The molecule has 0 unspecified atom stereocenters. The molecule has 2 aromatic rings. The number of hydrogen-bond donors (Lipinski definition) is 0. The molecular formula is C15H19F2N5O2S2. The molecule has 0 bridgehead atoms. The average Bonchev–Trinajstić information content (AvgIpc) is 2.95. The number of rotatable bonds is 5. The van der Waals surface area contributed by atoms with Crippen LogP contribution in [0.2, 0.25) is 0 Å². The van der Waals surface area contributed by atoms with Gasteiger partial charge in [0.2, 0.25) is 10.0 Å². The number of aromatic nitrogens is 3. The number of piperazine rings is 1. The second-order valence-corrected chi connectivity index (χ2v) is 8.15. The number of halogens is 2. The summed E-state index contributed by atoms with van der Waals surface area (Å²) in [4.78, 5) is 1.10. The highest BCUT2D eigenvalue weighted by molar-refractivity contribution is 7.89. The fraction of sp³-hybridized carbons (Fsp3) is 0.467. The number of nitrogens with zero attached hydrogens (tertiary/aromatic N) is 5. The Morgan fingerprint density at radius 1 is 1.15 bits per heavy atom. The van der Waals surface area contributed by atoms with Gasteiger partial charge < -0.3 is 4.57 Å². The van der Waals surface area contributed by atoms with Gasteiger partial charge in [0, 0.05) is 32.7 Å². The molecule has 0 amide bonds. The van der Waals surface area contributed by atoms with Crippen molar-refractivity contribution in [3.05, 3.63) is 40.9 Å². The van der Waals surface area contributed by atoms with Crippen LogP contribution >= 0.6 is 12.2 Å². The highest BCUT2D eigenvalue weighted by atomic mass is 32.2. The Bertz CT molecular complexity index is 929. The van der Waals surface area contributed by atoms with Crippen molar-refractivity contribution in [2.75, 3.05) is 26.2 Å². The normalized spacial score (nSPS) is 16.9. The molecule has 1 fully saturated rings. The van der Waals surface area contributed by atoms with Crippen molar-refractivity contribution >= 4 is 22.2 Å². The molecule has 0 spiro atoms. The number of benzene rings is 1. The lowest BCUT2D eigenvalue weighted by Crippen LogP contribution is -2.49. The molecule has 26 heavy (non-hydrogen) atoms. The summed E-state index contributed by atoms with van der Waals surface area (Å²) < 4.78 is 58.1. The third-order valence-corrected chi connectivity index (χ3v) is 6.72. The highest BCUT2D eigenvalue weighted by Gasteiger charge is 2.33. The molecule has 1 aromatic carbocycles. The first-order valence-electron chi connectivity index (χ1n) is 8.13. The van der Waals surface area contributed by atoms with E-state index in [2.05, 4.69) is 5.10 Å². The molecule has 0 aliphatic carbocycles. The summed E-state index contributed by atoms with van der Waals surface area (Å²) in [5.41, 5.74) is 0. The maximum absolute atomic E-state index is 13.9. The Kier molecular flexibility index (Phi) is 5.51. The van der Waals surface area contributed by atoms with Crippen molar-refractivity contribution < 1.29 is 17.2 Å². The minimum absolute atomic E-state index is 0.137. The summed E-state index contributed by atoms with van der Waals surface area (Å²) in [5, 5.41) is 4.22. The van der Waals surface area contributed by atoms with E-state index in [0.29, 0.717) is 24.5 Å². The van der Waals surface area contributed by atoms with Crippen LogP contribution in [0.25, 0.3) is 0 Å². The van der Waals surface area contributed by atoms with Crippen LogP contribution in [-0.4, -0.2) is 58.1 Å². The van der Waals surface area contributed by atoms with Crippen LogP contribution in [-0.2, 0) is 23.2 Å². The van der Waals surface area contributed by atoms with Crippen molar-refractivity contribution in [1.29, 1.82) is 0 Å². The third kappa shape index (κ3) is 3.56. The molecule has 1 aliphatic heterocycles. The quantitative estimate of drug-likeness (QED) is 0.711. The van der Waals surface area contributed by atoms with Gasteiger partial charge in [0.15, 0.2) is 9.67 Å². The van der Waals surface area contributed by atoms with Gasteiger partial charge in [-0.1, -0.05) is 6.07 Å². The van der Waals surface area contributed by atoms with Crippen molar-refractivity contribution in [2.24, 2.45) is 0 Å². The Hall–Kier alpha value is -1.69. The summed E-state index contributed by atoms with van der Waals surface area (Å²) in [6, 6.07) is 3.02. The van der Waals surface area contributed by atoms with Gasteiger partial charge in [0.25, 0.3) is 0 Å². The van der Waals surface area contributed by atoms with E-state index in [4.69, 9.17) is 12.2 Å². The number of aryl methyl sites for hydroxylation is 1. The summed E-state index contributed by atoms with van der Waals surface area (Å²) in [5.74, 6) is -2.16. The molecule has 0 saturated carbocycles. The van der Waals surface area contributed by atoms with Crippen LogP contribution in [0, 0.1) is 16.4 Å². The molecular weight excluding hydrogens is 384 g/mol. The Morgan fingerprint density at radius 3 is 2.31 bits per heavy atom. The largest absolute Gasteiger partial charge is 0.307 e. The summed E-state index contributed by atoms with van der Waals surface area (Å²) in [7, 11) is -4.22. The lowest BCUT2D eigenvalue weighted by Gasteiger charge is -2.33. The number of hydrogen-bond acceptors (Lipinski definition) is 5. The monoisotopic (exact) mass is 403 g/mol. The molecule has 3 rings (SSSR count). The topological polar surface area (TPSA) is 63.4 Å². The second-order valence-electron chi connectivity index (χ2n) is 5.91. The smallest absolute Gasteiger partial charge is 0.249 e. The fourth-order valence-electron chi connectivity index (χ4n) is 2.84. The SMILES string of the molecule is CCn1cnn(CN2CCN(S(=O)(=O)c3c(F)cccc3F)CC2)c1=S. The minimum Gasteiger partial charge on any atom is -0.307 e. The Labute approximate surface area is 155 Å². The predicted octanol–water partition coefficient (Wildman–Crippen LogP) is 1.68. The van der Waals surface area contributed by atoms with Crippen LogP contribution in [0.1, 0.15) is 6.92 Å². The molecule has 1 aliphatic rings. The van der Waals surface area contributed by atoms with E-state index in [9.17, 15) is 17.2 Å². The molecule has 7 nitrogen and oxygen atoms in total. The van der Waals surface area contributed by atoms with Gasteiger partial charge in [-0.2, -0.15) is 9.40 Å². The van der Waals surface area contributed by atoms with Crippen LogP contribution in [0.5, 0.6) is 0 Å². The van der Waals surface area contributed by atoms with E-state index >= 15 is 0 Å². The minimum atomic E-state index is -4.22. The first-order chi connectivity index (χ1) is 12.3. The Balaban J connectivity index is 1.70. The molecule has 1 saturated heterocycles. The predicted molar refractivity (Wildman–Crippen MR) is 93.4 cm³/mol. The molecule has 0 atom stereocenters. The van der Waals surface area contributed by atoms with E-state index in [1.807, 2.05) is 16.4 Å². The molecule has 11 heteroatoms. The molecule has 0 radical (unpaired) electrons. The van der Waals surface area contributed by atoms with Crippen molar-refractivity contribution in [2.45, 2.75) is 25.0 Å². The van der Waals surface area contributed by atoms with Crippen molar-refractivity contribution in [3.63, 3.8) is 0 Å². The van der Waals surface area contributed by atoms with E-state index in [1.54, 1.807) is 11.0 Å². The van der Waals surface area contributed by atoms with Crippen molar-refractivity contribution in [1.82, 2.24) is 23.6 Å².